The Bertz CT molecular complexity index is 469. The summed E-state index contributed by atoms with van der Waals surface area (Å²) in [4.78, 5) is 20.5. The maximum absolute atomic E-state index is 10.3. The number of aliphatic carboxylic acids is 2. The van der Waals surface area contributed by atoms with Gasteiger partial charge in [-0.15, -0.1) is 0 Å². The number of unbranched alkanes of at least 4 members (excludes halogenated alkanes) is 13. The summed E-state index contributed by atoms with van der Waals surface area (Å²) >= 11 is 0. The molecule has 204 valence electrons. The van der Waals surface area contributed by atoms with E-state index in [-0.39, 0.29) is 11.5 Å². The fraction of sp³-hybridized carbons (Fsp3) is 0.920. The van der Waals surface area contributed by atoms with Crippen molar-refractivity contribution in [1.29, 1.82) is 0 Å². The second-order valence-corrected chi connectivity index (χ2v) is 12.6. The van der Waals surface area contributed by atoms with Crippen LogP contribution in [0.2, 0.25) is 0 Å². The molecule has 0 heterocycles. The number of rotatable bonds is 22. The topological polar surface area (TPSA) is 127 Å². The molecule has 0 bridgehead atoms. The van der Waals surface area contributed by atoms with Crippen LogP contribution in [0.25, 0.3) is 0 Å². The predicted molar refractivity (Wildman–Crippen MR) is 149 cm³/mol. The minimum absolute atomic E-state index is 0.229. The summed E-state index contributed by atoms with van der Waals surface area (Å²) < 4.78 is 1.12. The quantitative estimate of drug-likeness (QED) is 0.0846. The minimum atomic E-state index is -1.07. The van der Waals surface area contributed by atoms with Crippen molar-refractivity contribution >= 4 is 33.5 Å². The summed E-state index contributed by atoms with van der Waals surface area (Å²) in [6, 6.07) is -1.85. The van der Waals surface area contributed by atoms with Crippen molar-refractivity contribution < 1.29 is 24.3 Å². The lowest BCUT2D eigenvalue weighted by Crippen LogP contribution is -2.35. The van der Waals surface area contributed by atoms with Crippen molar-refractivity contribution in [3.8, 4) is 0 Å². The van der Waals surface area contributed by atoms with Gasteiger partial charge in [0.05, 0.1) is 27.7 Å². The number of nitrogens with two attached hydrogens (primary N) is 2. The average Bonchev–Trinajstić information content (AvgIpc) is 2.76. The highest BCUT2D eigenvalue weighted by Gasteiger charge is 2.14. The van der Waals surface area contributed by atoms with Gasteiger partial charge in [-0.3, -0.25) is 9.59 Å². The number of carboxylic acids is 2. The largest absolute Gasteiger partial charge is 0.480 e. The van der Waals surface area contributed by atoms with Crippen LogP contribution < -0.4 is 11.5 Å². The summed E-state index contributed by atoms with van der Waals surface area (Å²) in [6.45, 7) is 3.63. The number of quaternary nitrogens is 1. The smallest absolute Gasteiger partial charge is 0.321 e. The van der Waals surface area contributed by atoms with Crippen LogP contribution in [-0.2, 0) is 9.59 Å². The van der Waals surface area contributed by atoms with Gasteiger partial charge in [0.25, 0.3) is 0 Å². The molecule has 0 rings (SSSR count). The van der Waals surface area contributed by atoms with E-state index in [1.807, 2.05) is 0 Å². The molecule has 0 radical (unpaired) electrons. The Morgan fingerprint density at radius 1 is 0.647 bits per heavy atom. The third kappa shape index (κ3) is 29.6. The molecule has 0 saturated carbocycles. The van der Waals surface area contributed by atoms with Gasteiger partial charge in [-0.25, -0.2) is 0 Å². The molecular formula is C25H54N3O4S2+. The third-order valence-corrected chi connectivity index (χ3v) is 7.87. The van der Waals surface area contributed by atoms with Crippen LogP contribution in [0.15, 0.2) is 0 Å². The van der Waals surface area contributed by atoms with E-state index in [0.717, 1.165) is 4.48 Å². The SMILES string of the molecule is CCCCCCCCCCCCCCCC[N+](C)(C)C.NC(CSSCC(N)C(=O)O)C(=O)O. The van der Waals surface area contributed by atoms with E-state index in [9.17, 15) is 9.59 Å². The van der Waals surface area contributed by atoms with E-state index in [1.54, 1.807) is 0 Å². The Hall–Kier alpha value is -0.480. The van der Waals surface area contributed by atoms with Crippen LogP contribution in [-0.4, -0.2) is 77.9 Å². The highest BCUT2D eigenvalue weighted by atomic mass is 33.1. The van der Waals surface area contributed by atoms with Gasteiger partial charge in [-0.05, 0) is 12.8 Å². The number of carboxylic acid groups (broad SMARTS) is 2. The van der Waals surface area contributed by atoms with E-state index in [0.29, 0.717) is 0 Å². The molecule has 0 aliphatic rings. The number of carbonyl (C=O) groups is 2. The van der Waals surface area contributed by atoms with Crippen molar-refractivity contribution in [2.24, 2.45) is 11.5 Å². The van der Waals surface area contributed by atoms with E-state index < -0.39 is 24.0 Å². The Labute approximate surface area is 217 Å². The lowest BCUT2D eigenvalue weighted by molar-refractivity contribution is -0.870. The van der Waals surface area contributed by atoms with Gasteiger partial charge in [0.15, 0.2) is 0 Å². The van der Waals surface area contributed by atoms with E-state index in [4.69, 9.17) is 21.7 Å². The summed E-state index contributed by atoms with van der Waals surface area (Å²) in [5.74, 6) is -1.68. The maximum Gasteiger partial charge on any atom is 0.321 e. The summed E-state index contributed by atoms with van der Waals surface area (Å²) in [7, 11) is 9.29. The fourth-order valence-electron chi connectivity index (χ4n) is 3.17. The van der Waals surface area contributed by atoms with Crippen LogP contribution >= 0.6 is 21.6 Å². The molecule has 0 aliphatic carbocycles. The molecule has 0 amide bonds. The van der Waals surface area contributed by atoms with Crippen molar-refractivity contribution in [1.82, 2.24) is 0 Å². The average molecular weight is 525 g/mol. The maximum atomic E-state index is 10.3. The Morgan fingerprint density at radius 3 is 1.21 bits per heavy atom. The Morgan fingerprint density at radius 2 is 0.941 bits per heavy atom. The van der Waals surface area contributed by atoms with E-state index in [1.165, 1.54) is 118 Å². The molecule has 0 aliphatic heterocycles. The van der Waals surface area contributed by atoms with Gasteiger partial charge >= 0.3 is 11.9 Å². The molecule has 9 heteroatoms. The monoisotopic (exact) mass is 524 g/mol. The highest BCUT2D eigenvalue weighted by Crippen LogP contribution is 2.22. The molecule has 0 fully saturated rings. The zero-order valence-electron chi connectivity index (χ0n) is 22.3. The summed E-state index contributed by atoms with van der Waals surface area (Å²) in [5, 5.41) is 16.8. The second kappa shape index (κ2) is 24.2. The van der Waals surface area contributed by atoms with Crippen LogP contribution in [0.3, 0.4) is 0 Å². The molecule has 2 unspecified atom stereocenters. The van der Waals surface area contributed by atoms with Gasteiger partial charge in [0.1, 0.15) is 12.1 Å². The molecule has 6 N–H and O–H groups in total. The molecule has 34 heavy (non-hydrogen) atoms. The first-order valence-electron chi connectivity index (χ1n) is 13.0. The van der Waals surface area contributed by atoms with Crippen molar-refractivity contribution in [3.05, 3.63) is 0 Å². The van der Waals surface area contributed by atoms with Crippen LogP contribution in [0, 0.1) is 0 Å². The fourth-order valence-corrected chi connectivity index (χ4v) is 5.39. The van der Waals surface area contributed by atoms with Gasteiger partial charge in [0.2, 0.25) is 0 Å². The first-order valence-corrected chi connectivity index (χ1v) is 15.5. The minimum Gasteiger partial charge on any atom is -0.480 e. The molecule has 0 saturated heterocycles. The van der Waals surface area contributed by atoms with Gasteiger partial charge in [-0.2, -0.15) is 0 Å². The van der Waals surface area contributed by atoms with E-state index >= 15 is 0 Å². The number of hydrogen-bond donors (Lipinski definition) is 4. The molecule has 0 aromatic rings. The van der Waals surface area contributed by atoms with Crippen LogP contribution in [0.1, 0.15) is 96.8 Å². The van der Waals surface area contributed by atoms with Crippen LogP contribution in [0.5, 0.6) is 0 Å². The lowest BCUT2D eigenvalue weighted by Gasteiger charge is -2.23. The molecule has 0 spiro atoms. The number of hydrogen-bond acceptors (Lipinski definition) is 6. The second-order valence-electron chi connectivity index (χ2n) is 10.1. The highest BCUT2D eigenvalue weighted by molar-refractivity contribution is 8.76. The predicted octanol–water partition coefficient (Wildman–Crippen LogP) is 5.37. The van der Waals surface area contributed by atoms with Gasteiger partial charge in [-0.1, -0.05) is 106 Å². The summed E-state index contributed by atoms with van der Waals surface area (Å²) in [5.41, 5.74) is 10.4. The van der Waals surface area contributed by atoms with Crippen molar-refractivity contribution in [3.63, 3.8) is 0 Å². The molecule has 7 nitrogen and oxygen atoms in total. The molecular weight excluding hydrogens is 470 g/mol. The summed E-state index contributed by atoms with van der Waals surface area (Å²) in [6.07, 6.45) is 20.4. The first kappa shape index (κ1) is 35.7. The van der Waals surface area contributed by atoms with Gasteiger partial charge < -0.3 is 26.2 Å². The lowest BCUT2D eigenvalue weighted by atomic mass is 10.0. The standard InChI is InChI=1S/C19H42N.C6H12N2O4S2/c1-5-6-7-8-9-10-11-12-13-14-15-16-17-18-19-20(2,3)4;7-3(5(9)10)1-13-14-2-4(8)6(11)12/h5-19H2,1-4H3;3-4H,1-2,7-8H2,(H,9,10)(H,11,12)/q+1;. The zero-order valence-corrected chi connectivity index (χ0v) is 23.9. The Balaban J connectivity index is 0. The molecule has 0 aromatic heterocycles. The van der Waals surface area contributed by atoms with Crippen molar-refractivity contribution in [2.75, 3.05) is 39.2 Å². The molecule has 0 aromatic carbocycles. The number of nitrogens with zero attached hydrogens (tertiary/aromatic N) is 1. The Kier molecular flexibility index (Phi) is 25.4. The molecule has 2 atom stereocenters. The zero-order chi connectivity index (χ0) is 26.2. The normalized spacial score (nSPS) is 13.1. The van der Waals surface area contributed by atoms with E-state index in [2.05, 4.69) is 28.1 Å². The van der Waals surface area contributed by atoms with Gasteiger partial charge in [0, 0.05) is 11.5 Å². The van der Waals surface area contributed by atoms with Crippen LogP contribution in [0.4, 0.5) is 0 Å². The first-order chi connectivity index (χ1) is 16.0. The third-order valence-electron chi connectivity index (χ3n) is 5.40. The van der Waals surface area contributed by atoms with Crippen molar-refractivity contribution in [2.45, 2.75) is 109 Å².